The lowest BCUT2D eigenvalue weighted by atomic mass is 10.1. The third kappa shape index (κ3) is 3.24. The molecule has 1 aliphatic rings. The van der Waals surface area contributed by atoms with Crippen LogP contribution in [0.1, 0.15) is 12.8 Å². The summed E-state index contributed by atoms with van der Waals surface area (Å²) in [6.07, 6.45) is 3.22. The van der Waals surface area contributed by atoms with Gasteiger partial charge in [-0.2, -0.15) is 5.10 Å². The predicted molar refractivity (Wildman–Crippen MR) is 73.8 cm³/mol. The molecule has 1 aliphatic heterocycles. The standard InChI is InChI=1S/C9H15N5O2.2ClH/c1-12-9(8(5-11-12)14(15)16)13-4-2-3-7(10)6-13;;/h5,7H,2-4,6,10H2,1H3;2*1H/t7-;;/m1../s1. The quantitative estimate of drug-likeness (QED) is 0.652. The van der Waals surface area contributed by atoms with Crippen LogP contribution >= 0.6 is 24.8 Å². The van der Waals surface area contributed by atoms with Crippen molar-refractivity contribution in [3.8, 4) is 0 Å². The number of hydrogen-bond acceptors (Lipinski definition) is 5. The minimum absolute atomic E-state index is 0. The Bertz CT molecular complexity index is 412. The zero-order chi connectivity index (χ0) is 11.7. The molecule has 2 N–H and O–H groups in total. The minimum Gasteiger partial charge on any atom is -0.350 e. The number of anilines is 1. The topological polar surface area (TPSA) is 90.2 Å². The van der Waals surface area contributed by atoms with E-state index in [9.17, 15) is 10.1 Å². The molecule has 0 saturated carbocycles. The first-order valence-corrected chi connectivity index (χ1v) is 5.26. The zero-order valence-electron chi connectivity index (χ0n) is 9.98. The molecule has 0 radical (unpaired) electrons. The molecule has 1 saturated heterocycles. The van der Waals surface area contributed by atoms with E-state index in [4.69, 9.17) is 5.73 Å². The van der Waals surface area contributed by atoms with Crippen molar-refractivity contribution in [2.45, 2.75) is 18.9 Å². The molecule has 7 nitrogen and oxygen atoms in total. The average Bonchev–Trinajstić information content (AvgIpc) is 2.60. The maximum absolute atomic E-state index is 10.9. The molecule has 0 amide bonds. The van der Waals surface area contributed by atoms with Crippen molar-refractivity contribution in [2.75, 3.05) is 18.0 Å². The molecule has 104 valence electrons. The summed E-state index contributed by atoms with van der Waals surface area (Å²) in [7, 11) is 1.71. The monoisotopic (exact) mass is 297 g/mol. The molecule has 0 bridgehead atoms. The second-order valence-corrected chi connectivity index (χ2v) is 4.08. The van der Waals surface area contributed by atoms with Crippen molar-refractivity contribution in [1.29, 1.82) is 0 Å². The number of hydrogen-bond donors (Lipinski definition) is 1. The molecule has 0 aromatic carbocycles. The number of halogens is 2. The second kappa shape index (κ2) is 6.77. The summed E-state index contributed by atoms with van der Waals surface area (Å²) in [5.41, 5.74) is 5.92. The van der Waals surface area contributed by atoms with E-state index in [0.717, 1.165) is 19.4 Å². The third-order valence-corrected chi connectivity index (χ3v) is 2.84. The van der Waals surface area contributed by atoms with E-state index < -0.39 is 4.92 Å². The van der Waals surface area contributed by atoms with Crippen LogP contribution < -0.4 is 10.6 Å². The Morgan fingerprint density at radius 3 is 2.78 bits per heavy atom. The first-order valence-electron chi connectivity index (χ1n) is 5.26. The Kier molecular flexibility index (Phi) is 6.37. The number of nitrogens with zero attached hydrogens (tertiary/aromatic N) is 4. The molecular weight excluding hydrogens is 281 g/mol. The lowest BCUT2D eigenvalue weighted by Crippen LogP contribution is -2.43. The van der Waals surface area contributed by atoms with Crippen molar-refractivity contribution < 1.29 is 4.92 Å². The Hall–Kier alpha value is -1.05. The average molecular weight is 298 g/mol. The zero-order valence-corrected chi connectivity index (χ0v) is 11.6. The summed E-state index contributed by atoms with van der Waals surface area (Å²) in [5, 5.41) is 14.8. The Morgan fingerprint density at radius 1 is 1.56 bits per heavy atom. The van der Waals surface area contributed by atoms with Gasteiger partial charge in [-0.3, -0.25) is 10.1 Å². The molecule has 0 spiro atoms. The molecule has 1 aromatic heterocycles. The number of piperidine rings is 1. The van der Waals surface area contributed by atoms with Crippen LogP contribution in [0, 0.1) is 10.1 Å². The van der Waals surface area contributed by atoms with Gasteiger partial charge in [-0.05, 0) is 12.8 Å². The Labute approximate surface area is 117 Å². The fourth-order valence-electron chi connectivity index (χ4n) is 2.12. The van der Waals surface area contributed by atoms with E-state index >= 15 is 0 Å². The Balaban J connectivity index is 0.00000144. The normalized spacial score (nSPS) is 18.8. The summed E-state index contributed by atoms with van der Waals surface area (Å²) in [6, 6.07) is 0.0863. The minimum atomic E-state index is -0.400. The summed E-state index contributed by atoms with van der Waals surface area (Å²) in [6.45, 7) is 1.45. The maximum Gasteiger partial charge on any atom is 0.331 e. The van der Waals surface area contributed by atoms with Gasteiger partial charge >= 0.3 is 5.69 Å². The van der Waals surface area contributed by atoms with Gasteiger partial charge < -0.3 is 10.6 Å². The second-order valence-electron chi connectivity index (χ2n) is 4.08. The van der Waals surface area contributed by atoms with Crippen molar-refractivity contribution >= 4 is 36.3 Å². The van der Waals surface area contributed by atoms with Crippen molar-refractivity contribution in [1.82, 2.24) is 9.78 Å². The fourth-order valence-corrected chi connectivity index (χ4v) is 2.12. The molecule has 2 rings (SSSR count). The fraction of sp³-hybridized carbons (Fsp3) is 0.667. The highest BCUT2D eigenvalue weighted by atomic mass is 35.5. The highest BCUT2D eigenvalue weighted by Gasteiger charge is 2.27. The number of aryl methyl sites for hydroxylation is 1. The SMILES string of the molecule is Cl.Cl.Cn1ncc([N+](=O)[O-])c1N1CCC[C@@H](N)C1. The molecule has 2 heterocycles. The van der Waals surface area contributed by atoms with Gasteiger partial charge in [0, 0.05) is 26.2 Å². The number of aromatic nitrogens is 2. The third-order valence-electron chi connectivity index (χ3n) is 2.84. The lowest BCUT2D eigenvalue weighted by Gasteiger charge is -2.31. The van der Waals surface area contributed by atoms with E-state index in [1.165, 1.54) is 10.9 Å². The van der Waals surface area contributed by atoms with E-state index in [0.29, 0.717) is 12.4 Å². The van der Waals surface area contributed by atoms with Crippen LogP contribution in [0.5, 0.6) is 0 Å². The van der Waals surface area contributed by atoms with Crippen LogP contribution in [0.15, 0.2) is 6.20 Å². The molecular formula is C9H17Cl2N5O2. The lowest BCUT2D eigenvalue weighted by molar-refractivity contribution is -0.384. The van der Waals surface area contributed by atoms with Crippen LogP contribution in [0.2, 0.25) is 0 Å². The summed E-state index contributed by atoms with van der Waals surface area (Å²) < 4.78 is 1.54. The van der Waals surface area contributed by atoms with Gasteiger partial charge in [0.1, 0.15) is 6.20 Å². The van der Waals surface area contributed by atoms with E-state index in [1.807, 2.05) is 4.90 Å². The summed E-state index contributed by atoms with van der Waals surface area (Å²) in [5.74, 6) is 0.556. The van der Waals surface area contributed by atoms with Gasteiger partial charge in [0.2, 0.25) is 5.82 Å². The number of nitrogens with two attached hydrogens (primary N) is 1. The van der Waals surface area contributed by atoms with Crippen molar-refractivity contribution in [3.05, 3.63) is 16.3 Å². The molecule has 1 fully saturated rings. The summed E-state index contributed by atoms with van der Waals surface area (Å²) >= 11 is 0. The van der Waals surface area contributed by atoms with Crippen molar-refractivity contribution in [2.24, 2.45) is 12.8 Å². The van der Waals surface area contributed by atoms with Gasteiger partial charge in [-0.15, -0.1) is 24.8 Å². The van der Waals surface area contributed by atoms with Gasteiger partial charge in [0.05, 0.1) is 4.92 Å². The maximum atomic E-state index is 10.9. The molecule has 18 heavy (non-hydrogen) atoms. The number of rotatable bonds is 2. The first-order chi connectivity index (χ1) is 7.59. The first kappa shape index (κ1) is 16.9. The van der Waals surface area contributed by atoms with Gasteiger partial charge in [-0.1, -0.05) is 0 Å². The van der Waals surface area contributed by atoms with Crippen LogP contribution in [0.3, 0.4) is 0 Å². The van der Waals surface area contributed by atoms with E-state index in [2.05, 4.69) is 5.10 Å². The highest BCUT2D eigenvalue weighted by Crippen LogP contribution is 2.28. The van der Waals surface area contributed by atoms with E-state index in [-0.39, 0.29) is 36.5 Å². The summed E-state index contributed by atoms with van der Waals surface area (Å²) in [4.78, 5) is 12.4. The van der Waals surface area contributed by atoms with Crippen molar-refractivity contribution in [3.63, 3.8) is 0 Å². The molecule has 0 unspecified atom stereocenters. The molecule has 0 aliphatic carbocycles. The van der Waals surface area contributed by atoms with E-state index in [1.54, 1.807) is 7.05 Å². The van der Waals surface area contributed by atoms with Gasteiger partial charge in [0.25, 0.3) is 0 Å². The van der Waals surface area contributed by atoms with Crippen LogP contribution in [0.25, 0.3) is 0 Å². The highest BCUT2D eigenvalue weighted by molar-refractivity contribution is 5.85. The van der Waals surface area contributed by atoms with Crippen LogP contribution in [-0.2, 0) is 7.05 Å². The molecule has 9 heteroatoms. The smallest absolute Gasteiger partial charge is 0.331 e. The van der Waals surface area contributed by atoms with Gasteiger partial charge in [0.15, 0.2) is 0 Å². The number of nitro groups is 1. The largest absolute Gasteiger partial charge is 0.350 e. The van der Waals surface area contributed by atoms with Crippen LogP contribution in [0.4, 0.5) is 11.5 Å². The molecule has 1 aromatic rings. The van der Waals surface area contributed by atoms with Crippen LogP contribution in [-0.4, -0.2) is 33.8 Å². The molecule has 1 atom stereocenters. The Morgan fingerprint density at radius 2 is 2.22 bits per heavy atom. The van der Waals surface area contributed by atoms with Gasteiger partial charge in [-0.25, -0.2) is 4.68 Å². The predicted octanol–water partition coefficient (Wildman–Crippen LogP) is 1.10.